The van der Waals surface area contributed by atoms with E-state index in [1.807, 2.05) is 38.1 Å². The van der Waals surface area contributed by atoms with Crippen LogP contribution < -0.4 is 9.47 Å². The summed E-state index contributed by atoms with van der Waals surface area (Å²) in [6.45, 7) is 4.40. The highest BCUT2D eigenvalue weighted by molar-refractivity contribution is 5.39. The number of hydrogen-bond donors (Lipinski definition) is 0. The van der Waals surface area contributed by atoms with Crippen LogP contribution in [-0.4, -0.2) is 12.7 Å². The van der Waals surface area contributed by atoms with Gasteiger partial charge in [-0.15, -0.1) is 0 Å². The first-order valence-corrected chi connectivity index (χ1v) is 5.03. The van der Waals surface area contributed by atoms with Crippen LogP contribution in [0, 0.1) is 11.3 Å². The van der Waals surface area contributed by atoms with E-state index in [0.717, 1.165) is 5.75 Å². The fraction of sp³-hybridized carbons (Fsp3) is 0.417. The first-order valence-electron chi connectivity index (χ1n) is 5.03. The number of para-hydroxylation sites is 2. The summed E-state index contributed by atoms with van der Waals surface area (Å²) in [5, 5.41) is 8.53. The molecule has 0 saturated heterocycles. The predicted molar refractivity (Wildman–Crippen MR) is 57.9 cm³/mol. The first kappa shape index (κ1) is 11.4. The second-order valence-corrected chi connectivity index (χ2v) is 3.17. The van der Waals surface area contributed by atoms with Gasteiger partial charge in [0, 0.05) is 0 Å². The molecule has 0 heterocycles. The fourth-order valence-electron chi connectivity index (χ4n) is 1.21. The van der Waals surface area contributed by atoms with Crippen LogP contribution in [0.25, 0.3) is 0 Å². The van der Waals surface area contributed by atoms with Gasteiger partial charge >= 0.3 is 0 Å². The quantitative estimate of drug-likeness (QED) is 0.742. The summed E-state index contributed by atoms with van der Waals surface area (Å²) in [6, 6.07) is 9.56. The predicted octanol–water partition coefficient (Wildman–Crippen LogP) is 2.77. The van der Waals surface area contributed by atoms with Crippen molar-refractivity contribution in [2.24, 2.45) is 0 Å². The molecule has 0 spiro atoms. The topological polar surface area (TPSA) is 42.2 Å². The van der Waals surface area contributed by atoms with Crippen LogP contribution in [0.2, 0.25) is 0 Å². The van der Waals surface area contributed by atoms with E-state index in [-0.39, 0.29) is 6.10 Å². The molecule has 0 N–H and O–H groups in total. The Morgan fingerprint density at radius 2 is 2.00 bits per heavy atom. The van der Waals surface area contributed by atoms with E-state index in [0.29, 0.717) is 18.8 Å². The van der Waals surface area contributed by atoms with Gasteiger partial charge in [0.2, 0.25) is 0 Å². The molecule has 15 heavy (non-hydrogen) atoms. The summed E-state index contributed by atoms with van der Waals surface area (Å²) in [5.41, 5.74) is 0. The molecule has 0 aliphatic heterocycles. The molecule has 0 aliphatic carbocycles. The molecule has 0 aliphatic rings. The zero-order valence-electron chi connectivity index (χ0n) is 9.06. The summed E-state index contributed by atoms with van der Waals surface area (Å²) in [7, 11) is 0. The molecule has 0 bridgehead atoms. The van der Waals surface area contributed by atoms with Crippen LogP contribution in [0.15, 0.2) is 24.3 Å². The van der Waals surface area contributed by atoms with Crippen LogP contribution in [0.3, 0.4) is 0 Å². The van der Waals surface area contributed by atoms with Gasteiger partial charge in [0.1, 0.15) is 6.10 Å². The maximum Gasteiger partial charge on any atom is 0.161 e. The number of nitrogens with zero attached hydrogens (tertiary/aromatic N) is 1. The number of rotatable bonds is 5. The molecule has 3 nitrogen and oxygen atoms in total. The Morgan fingerprint density at radius 3 is 2.60 bits per heavy atom. The normalized spacial score (nSPS) is 11.5. The van der Waals surface area contributed by atoms with E-state index in [9.17, 15) is 0 Å². The molecule has 0 aromatic heterocycles. The minimum atomic E-state index is -0.114. The average Bonchev–Trinajstić information content (AvgIpc) is 2.21. The number of hydrogen-bond acceptors (Lipinski definition) is 3. The monoisotopic (exact) mass is 205 g/mol. The SMILES string of the molecule is CCOc1ccccc1OC(C)CC#N. The molecule has 1 rings (SSSR count). The molecule has 3 heteroatoms. The van der Waals surface area contributed by atoms with Crippen LogP contribution in [0.4, 0.5) is 0 Å². The zero-order chi connectivity index (χ0) is 11.1. The van der Waals surface area contributed by atoms with E-state index < -0.39 is 0 Å². The molecule has 1 aromatic rings. The van der Waals surface area contributed by atoms with Gasteiger partial charge in [-0.25, -0.2) is 0 Å². The highest BCUT2D eigenvalue weighted by atomic mass is 16.5. The van der Waals surface area contributed by atoms with Crippen molar-refractivity contribution >= 4 is 0 Å². The standard InChI is InChI=1S/C12H15NO2/c1-3-14-11-6-4-5-7-12(11)15-10(2)8-9-13/h4-7,10H,3,8H2,1-2H3. The molecule has 0 fully saturated rings. The minimum absolute atomic E-state index is 0.114. The van der Waals surface area contributed by atoms with Crippen LogP contribution in [0.5, 0.6) is 11.5 Å². The Balaban J connectivity index is 2.71. The third-order valence-corrected chi connectivity index (χ3v) is 1.86. The maximum atomic E-state index is 8.53. The second-order valence-electron chi connectivity index (χ2n) is 3.17. The van der Waals surface area contributed by atoms with Gasteiger partial charge in [0.15, 0.2) is 11.5 Å². The van der Waals surface area contributed by atoms with Crippen molar-refractivity contribution in [1.82, 2.24) is 0 Å². The van der Waals surface area contributed by atoms with E-state index in [1.165, 1.54) is 0 Å². The Labute approximate surface area is 90.2 Å². The largest absolute Gasteiger partial charge is 0.490 e. The van der Waals surface area contributed by atoms with Crippen molar-refractivity contribution in [3.63, 3.8) is 0 Å². The number of ether oxygens (including phenoxy) is 2. The third kappa shape index (κ3) is 3.51. The molecular weight excluding hydrogens is 190 g/mol. The van der Waals surface area contributed by atoms with E-state index >= 15 is 0 Å². The van der Waals surface area contributed by atoms with Gasteiger partial charge in [0.05, 0.1) is 19.1 Å². The Morgan fingerprint density at radius 1 is 1.33 bits per heavy atom. The van der Waals surface area contributed by atoms with Crippen molar-refractivity contribution in [3.05, 3.63) is 24.3 Å². The van der Waals surface area contributed by atoms with Crippen LogP contribution >= 0.6 is 0 Å². The zero-order valence-corrected chi connectivity index (χ0v) is 9.06. The van der Waals surface area contributed by atoms with Gasteiger partial charge in [-0.3, -0.25) is 0 Å². The van der Waals surface area contributed by atoms with Crippen molar-refractivity contribution in [2.45, 2.75) is 26.4 Å². The number of benzene rings is 1. The lowest BCUT2D eigenvalue weighted by Gasteiger charge is -2.14. The lowest BCUT2D eigenvalue weighted by molar-refractivity contribution is 0.211. The minimum Gasteiger partial charge on any atom is -0.490 e. The van der Waals surface area contributed by atoms with Gasteiger partial charge in [-0.05, 0) is 26.0 Å². The van der Waals surface area contributed by atoms with Gasteiger partial charge in [-0.1, -0.05) is 12.1 Å². The Bertz CT molecular complexity index is 344. The maximum absolute atomic E-state index is 8.53. The van der Waals surface area contributed by atoms with Gasteiger partial charge in [-0.2, -0.15) is 5.26 Å². The van der Waals surface area contributed by atoms with Crippen molar-refractivity contribution in [1.29, 1.82) is 5.26 Å². The molecular formula is C12H15NO2. The second kappa shape index (κ2) is 5.92. The lowest BCUT2D eigenvalue weighted by atomic mass is 10.3. The first-order chi connectivity index (χ1) is 7.27. The highest BCUT2D eigenvalue weighted by Crippen LogP contribution is 2.27. The van der Waals surface area contributed by atoms with E-state index in [1.54, 1.807) is 0 Å². The smallest absolute Gasteiger partial charge is 0.161 e. The van der Waals surface area contributed by atoms with Crippen LogP contribution in [-0.2, 0) is 0 Å². The highest BCUT2D eigenvalue weighted by Gasteiger charge is 2.07. The van der Waals surface area contributed by atoms with E-state index in [2.05, 4.69) is 6.07 Å². The fourth-order valence-corrected chi connectivity index (χ4v) is 1.21. The van der Waals surface area contributed by atoms with Crippen molar-refractivity contribution in [2.75, 3.05) is 6.61 Å². The van der Waals surface area contributed by atoms with Crippen LogP contribution in [0.1, 0.15) is 20.3 Å². The molecule has 0 amide bonds. The molecule has 0 saturated carbocycles. The summed E-state index contributed by atoms with van der Waals surface area (Å²) >= 11 is 0. The molecule has 1 atom stereocenters. The van der Waals surface area contributed by atoms with E-state index in [4.69, 9.17) is 14.7 Å². The molecule has 1 unspecified atom stereocenters. The summed E-state index contributed by atoms with van der Waals surface area (Å²) < 4.78 is 11.0. The van der Waals surface area contributed by atoms with Gasteiger partial charge < -0.3 is 9.47 Å². The Kier molecular flexibility index (Phi) is 4.49. The summed E-state index contributed by atoms with van der Waals surface area (Å²) in [4.78, 5) is 0. The molecule has 80 valence electrons. The lowest BCUT2D eigenvalue weighted by Crippen LogP contribution is -2.11. The number of nitriles is 1. The summed E-state index contributed by atoms with van der Waals surface area (Å²) in [6.07, 6.45) is 0.261. The molecule has 0 radical (unpaired) electrons. The summed E-state index contributed by atoms with van der Waals surface area (Å²) in [5.74, 6) is 1.42. The molecule has 1 aromatic carbocycles. The Hall–Kier alpha value is -1.69. The third-order valence-electron chi connectivity index (χ3n) is 1.86. The van der Waals surface area contributed by atoms with Crippen molar-refractivity contribution < 1.29 is 9.47 Å². The van der Waals surface area contributed by atoms with Gasteiger partial charge in [0.25, 0.3) is 0 Å². The average molecular weight is 205 g/mol. The van der Waals surface area contributed by atoms with Crippen molar-refractivity contribution in [3.8, 4) is 17.6 Å².